The predicted molar refractivity (Wildman–Crippen MR) is 60.8 cm³/mol. The van der Waals surface area contributed by atoms with E-state index in [1.807, 2.05) is 6.92 Å². The van der Waals surface area contributed by atoms with Crippen molar-refractivity contribution < 1.29 is 9.13 Å². The lowest BCUT2D eigenvalue weighted by molar-refractivity contribution is 0.424. The summed E-state index contributed by atoms with van der Waals surface area (Å²) >= 11 is 0. The van der Waals surface area contributed by atoms with Crippen LogP contribution in [0, 0.1) is 19.7 Å². The number of rotatable bonds is 2. The van der Waals surface area contributed by atoms with Crippen molar-refractivity contribution in [1.29, 1.82) is 0 Å². The standard InChI is InChI=1S/C12H11FN2O2/c1-7-3-4-9(13)10(5-7)17-12-6-11(16)14-8(2)15-12/h3-6H,1-2H3,(H,14,15,16). The molecule has 1 N–H and O–H groups in total. The van der Waals surface area contributed by atoms with Crippen molar-refractivity contribution in [3.05, 3.63) is 51.8 Å². The zero-order valence-corrected chi connectivity index (χ0v) is 9.45. The van der Waals surface area contributed by atoms with Gasteiger partial charge in [0.1, 0.15) is 5.82 Å². The minimum Gasteiger partial charge on any atom is -0.436 e. The molecule has 0 aliphatic heterocycles. The maximum atomic E-state index is 13.4. The minimum atomic E-state index is -0.490. The van der Waals surface area contributed by atoms with E-state index in [9.17, 15) is 9.18 Å². The predicted octanol–water partition coefficient (Wildman–Crippen LogP) is 2.32. The molecule has 1 aromatic carbocycles. The van der Waals surface area contributed by atoms with Crippen molar-refractivity contribution in [2.45, 2.75) is 13.8 Å². The Bertz CT molecular complexity index is 608. The van der Waals surface area contributed by atoms with E-state index in [2.05, 4.69) is 9.97 Å². The Morgan fingerprint density at radius 2 is 2.06 bits per heavy atom. The highest BCUT2D eigenvalue weighted by molar-refractivity contribution is 5.32. The van der Waals surface area contributed by atoms with E-state index in [-0.39, 0.29) is 17.2 Å². The summed E-state index contributed by atoms with van der Waals surface area (Å²) in [5.41, 5.74) is 0.531. The smallest absolute Gasteiger partial charge is 0.254 e. The number of halogens is 1. The first-order valence-corrected chi connectivity index (χ1v) is 5.06. The average molecular weight is 234 g/mol. The van der Waals surface area contributed by atoms with E-state index in [0.29, 0.717) is 5.82 Å². The monoisotopic (exact) mass is 234 g/mol. The Balaban J connectivity index is 2.37. The van der Waals surface area contributed by atoms with Gasteiger partial charge in [0.25, 0.3) is 5.56 Å². The quantitative estimate of drug-likeness (QED) is 0.867. The highest BCUT2D eigenvalue weighted by Crippen LogP contribution is 2.23. The van der Waals surface area contributed by atoms with Gasteiger partial charge in [0.2, 0.25) is 5.88 Å². The minimum absolute atomic E-state index is 0.0579. The number of hydrogen-bond acceptors (Lipinski definition) is 3. The van der Waals surface area contributed by atoms with Gasteiger partial charge in [-0.2, -0.15) is 0 Å². The van der Waals surface area contributed by atoms with Crippen molar-refractivity contribution in [1.82, 2.24) is 9.97 Å². The van der Waals surface area contributed by atoms with Gasteiger partial charge in [0.05, 0.1) is 6.07 Å². The summed E-state index contributed by atoms with van der Waals surface area (Å²) in [6.07, 6.45) is 0. The molecule has 0 aliphatic rings. The molecule has 0 saturated heterocycles. The Kier molecular flexibility index (Phi) is 2.91. The van der Waals surface area contributed by atoms with Crippen molar-refractivity contribution in [2.24, 2.45) is 0 Å². The van der Waals surface area contributed by atoms with Crippen LogP contribution < -0.4 is 10.3 Å². The maximum Gasteiger partial charge on any atom is 0.254 e. The van der Waals surface area contributed by atoms with Gasteiger partial charge in [0.15, 0.2) is 11.6 Å². The second kappa shape index (κ2) is 4.37. The number of ether oxygens (including phenoxy) is 1. The number of nitrogens with one attached hydrogen (secondary N) is 1. The molecule has 5 heteroatoms. The van der Waals surface area contributed by atoms with E-state index in [1.54, 1.807) is 19.1 Å². The molecule has 0 fully saturated rings. The fourth-order valence-electron chi connectivity index (χ4n) is 1.41. The SMILES string of the molecule is Cc1ccc(F)c(Oc2cc(=O)[nH]c(C)n2)c1. The molecule has 0 amide bonds. The van der Waals surface area contributed by atoms with Gasteiger partial charge in [-0.25, -0.2) is 9.37 Å². The second-order valence-corrected chi connectivity index (χ2v) is 3.70. The van der Waals surface area contributed by atoms with E-state index in [1.165, 1.54) is 12.1 Å². The molecule has 0 saturated carbocycles. The van der Waals surface area contributed by atoms with Crippen LogP contribution in [0.2, 0.25) is 0 Å². The highest BCUT2D eigenvalue weighted by atomic mass is 19.1. The van der Waals surface area contributed by atoms with Crippen LogP contribution in [0.15, 0.2) is 29.1 Å². The van der Waals surface area contributed by atoms with E-state index < -0.39 is 5.82 Å². The maximum absolute atomic E-state index is 13.4. The zero-order valence-electron chi connectivity index (χ0n) is 9.45. The Morgan fingerprint density at radius 1 is 1.29 bits per heavy atom. The molecular weight excluding hydrogens is 223 g/mol. The molecule has 0 radical (unpaired) electrons. The van der Waals surface area contributed by atoms with Gasteiger partial charge in [-0.15, -0.1) is 0 Å². The fourth-order valence-corrected chi connectivity index (χ4v) is 1.41. The molecule has 0 aliphatic carbocycles. The Morgan fingerprint density at radius 3 is 2.76 bits per heavy atom. The first-order valence-electron chi connectivity index (χ1n) is 5.06. The molecule has 17 heavy (non-hydrogen) atoms. The van der Waals surface area contributed by atoms with E-state index in [0.717, 1.165) is 5.56 Å². The summed E-state index contributed by atoms with van der Waals surface area (Å²) in [7, 11) is 0. The lowest BCUT2D eigenvalue weighted by atomic mass is 10.2. The van der Waals surface area contributed by atoms with Gasteiger partial charge < -0.3 is 9.72 Å². The molecule has 0 spiro atoms. The molecule has 88 valence electrons. The number of aryl methyl sites for hydroxylation is 2. The van der Waals surface area contributed by atoms with Crippen LogP contribution in [0.25, 0.3) is 0 Å². The van der Waals surface area contributed by atoms with Crippen molar-refractivity contribution in [3.8, 4) is 11.6 Å². The third kappa shape index (κ3) is 2.69. The van der Waals surface area contributed by atoms with Gasteiger partial charge in [-0.1, -0.05) is 6.07 Å². The van der Waals surface area contributed by atoms with Gasteiger partial charge in [-0.05, 0) is 31.5 Å². The highest BCUT2D eigenvalue weighted by Gasteiger charge is 2.06. The third-order valence-electron chi connectivity index (χ3n) is 2.14. The normalized spacial score (nSPS) is 10.3. The van der Waals surface area contributed by atoms with Crippen molar-refractivity contribution in [3.63, 3.8) is 0 Å². The average Bonchev–Trinajstić information content (AvgIpc) is 2.22. The molecule has 0 bridgehead atoms. The number of aromatic nitrogens is 2. The number of nitrogens with zero attached hydrogens (tertiary/aromatic N) is 1. The van der Waals surface area contributed by atoms with Gasteiger partial charge in [0, 0.05) is 0 Å². The van der Waals surface area contributed by atoms with Crippen LogP contribution in [0.1, 0.15) is 11.4 Å². The molecule has 2 rings (SSSR count). The zero-order chi connectivity index (χ0) is 12.4. The van der Waals surface area contributed by atoms with Crippen LogP contribution in [0.3, 0.4) is 0 Å². The summed E-state index contributed by atoms with van der Waals surface area (Å²) in [6.45, 7) is 3.45. The van der Waals surface area contributed by atoms with Crippen LogP contribution >= 0.6 is 0 Å². The summed E-state index contributed by atoms with van der Waals surface area (Å²) in [5, 5.41) is 0. The van der Waals surface area contributed by atoms with Crippen molar-refractivity contribution >= 4 is 0 Å². The molecular formula is C12H11FN2O2. The fraction of sp³-hybridized carbons (Fsp3) is 0.167. The molecule has 2 aromatic rings. The first kappa shape index (κ1) is 11.3. The molecule has 1 heterocycles. The number of benzene rings is 1. The van der Waals surface area contributed by atoms with Crippen LogP contribution in [-0.4, -0.2) is 9.97 Å². The first-order chi connectivity index (χ1) is 8.04. The van der Waals surface area contributed by atoms with Crippen LogP contribution in [0.4, 0.5) is 4.39 Å². The molecule has 4 nitrogen and oxygen atoms in total. The summed E-state index contributed by atoms with van der Waals surface area (Å²) < 4.78 is 18.7. The largest absolute Gasteiger partial charge is 0.436 e. The Labute approximate surface area is 97.1 Å². The number of aromatic amines is 1. The van der Waals surface area contributed by atoms with Gasteiger partial charge >= 0.3 is 0 Å². The van der Waals surface area contributed by atoms with Crippen LogP contribution in [0.5, 0.6) is 11.6 Å². The summed E-state index contributed by atoms with van der Waals surface area (Å²) in [5.74, 6) is 0.0640. The molecule has 0 atom stereocenters. The topological polar surface area (TPSA) is 55.0 Å². The van der Waals surface area contributed by atoms with E-state index >= 15 is 0 Å². The molecule has 0 unspecified atom stereocenters. The third-order valence-corrected chi connectivity index (χ3v) is 2.14. The lowest BCUT2D eigenvalue weighted by Gasteiger charge is -2.06. The van der Waals surface area contributed by atoms with E-state index in [4.69, 9.17) is 4.74 Å². The summed E-state index contributed by atoms with van der Waals surface area (Å²) in [6, 6.07) is 5.67. The number of hydrogen-bond donors (Lipinski definition) is 1. The lowest BCUT2D eigenvalue weighted by Crippen LogP contribution is -2.08. The number of H-pyrrole nitrogens is 1. The Hall–Kier alpha value is -2.17. The summed E-state index contributed by atoms with van der Waals surface area (Å²) in [4.78, 5) is 17.6. The van der Waals surface area contributed by atoms with Gasteiger partial charge in [-0.3, -0.25) is 4.79 Å². The molecule has 1 aromatic heterocycles. The van der Waals surface area contributed by atoms with Crippen LogP contribution in [-0.2, 0) is 0 Å². The van der Waals surface area contributed by atoms with Crippen molar-refractivity contribution in [2.75, 3.05) is 0 Å². The second-order valence-electron chi connectivity index (χ2n) is 3.70.